The lowest BCUT2D eigenvalue weighted by molar-refractivity contribution is 0.0978. The number of piperidine rings is 1. The molecule has 1 amide bonds. The third kappa shape index (κ3) is 7.05. The van der Waals surface area contributed by atoms with E-state index in [1.807, 2.05) is 32.6 Å². The Balaban J connectivity index is 1.71. The van der Waals surface area contributed by atoms with Gasteiger partial charge in [-0.3, -0.25) is 4.79 Å². The predicted molar refractivity (Wildman–Crippen MR) is 161 cm³/mol. The summed E-state index contributed by atoms with van der Waals surface area (Å²) in [5.41, 5.74) is 0.511. The summed E-state index contributed by atoms with van der Waals surface area (Å²) >= 11 is 0. The Morgan fingerprint density at radius 1 is 1.14 bits per heavy atom. The monoisotopic (exact) mass is 624 g/mol. The first-order valence-electron chi connectivity index (χ1n) is 14.2. The molecule has 0 spiro atoms. The van der Waals surface area contributed by atoms with Crippen molar-refractivity contribution in [2.24, 2.45) is 11.8 Å². The van der Waals surface area contributed by atoms with Crippen LogP contribution in [0.4, 0.5) is 10.2 Å². The van der Waals surface area contributed by atoms with Gasteiger partial charge in [0.15, 0.2) is 9.84 Å². The maximum Gasteiger partial charge on any atom is 0.304 e. The van der Waals surface area contributed by atoms with E-state index in [1.54, 1.807) is 12.1 Å². The minimum absolute atomic E-state index is 0.0499. The number of nitrogens with zero attached hydrogens (tertiary/aromatic N) is 3. The lowest BCUT2D eigenvalue weighted by Gasteiger charge is -2.37. The maximum absolute atomic E-state index is 14.6. The van der Waals surface area contributed by atoms with Crippen molar-refractivity contribution in [3.05, 3.63) is 41.7 Å². The highest BCUT2D eigenvalue weighted by atomic mass is 32.2. The number of nitrogens with one attached hydrogen (secondary N) is 1. The molecule has 2 saturated heterocycles. The van der Waals surface area contributed by atoms with Crippen LogP contribution in [0.3, 0.4) is 0 Å². The fourth-order valence-corrected chi connectivity index (χ4v) is 7.73. The number of carbonyl (C=O) groups is 1. The number of aromatic nitrogens is 1. The molecule has 0 radical (unpaired) electrons. The lowest BCUT2D eigenvalue weighted by Crippen LogP contribution is -2.50. The molecule has 3 heterocycles. The van der Waals surface area contributed by atoms with Crippen molar-refractivity contribution in [1.29, 1.82) is 0 Å². The summed E-state index contributed by atoms with van der Waals surface area (Å²) in [6.45, 7) is 11.1. The van der Waals surface area contributed by atoms with Gasteiger partial charge in [0.25, 0.3) is 5.91 Å². The molecule has 1 aromatic carbocycles. The summed E-state index contributed by atoms with van der Waals surface area (Å²) in [4.78, 5) is 20.4. The normalized spacial score (nSPS) is 21.5. The molecule has 0 aliphatic carbocycles. The number of hydrogen-bond donors (Lipinski definition) is 1. The molecule has 0 saturated carbocycles. The average Bonchev–Trinajstić information content (AvgIpc) is 3.17. The molecular formula is C29H41FN4O6S2. The Morgan fingerprint density at radius 2 is 1.86 bits per heavy atom. The van der Waals surface area contributed by atoms with E-state index in [0.29, 0.717) is 43.0 Å². The van der Waals surface area contributed by atoms with Gasteiger partial charge in [-0.15, -0.1) is 0 Å². The number of sulfone groups is 1. The van der Waals surface area contributed by atoms with E-state index in [9.17, 15) is 26.0 Å². The molecule has 2 atom stereocenters. The zero-order valence-corrected chi connectivity index (χ0v) is 26.7. The van der Waals surface area contributed by atoms with Crippen molar-refractivity contribution >= 4 is 31.8 Å². The van der Waals surface area contributed by atoms with Crippen LogP contribution in [0.2, 0.25) is 0 Å². The van der Waals surface area contributed by atoms with Gasteiger partial charge in [0.1, 0.15) is 17.4 Å². The number of rotatable bonds is 9. The minimum atomic E-state index is -4.33. The Hall–Kier alpha value is -2.77. The van der Waals surface area contributed by atoms with Crippen LogP contribution in [0.15, 0.2) is 30.3 Å². The van der Waals surface area contributed by atoms with Crippen molar-refractivity contribution in [3.63, 3.8) is 0 Å². The third-order valence-electron chi connectivity index (χ3n) is 8.32. The summed E-state index contributed by atoms with van der Waals surface area (Å²) in [6.07, 6.45) is 2.65. The van der Waals surface area contributed by atoms with Gasteiger partial charge < -0.3 is 9.64 Å². The van der Waals surface area contributed by atoms with Crippen LogP contribution >= 0.6 is 0 Å². The molecule has 232 valence electrons. The highest BCUT2D eigenvalue weighted by Crippen LogP contribution is 2.39. The summed E-state index contributed by atoms with van der Waals surface area (Å²) in [5, 5.41) is -0.831. The van der Waals surface area contributed by atoms with Gasteiger partial charge in [-0.1, -0.05) is 20.8 Å². The number of amides is 1. The second kappa shape index (κ2) is 12.1. The van der Waals surface area contributed by atoms with E-state index in [-0.39, 0.29) is 36.3 Å². The van der Waals surface area contributed by atoms with E-state index in [4.69, 9.17) is 9.72 Å². The SMILES string of the molecule is CC(C)COc1cc(F)cc(-c2ccc(C(=O)NS(=O)(=O)N3CCCC(S(C)(=O)=O)C3)c(N3CCC(C)C3(C)C)n2)c1. The van der Waals surface area contributed by atoms with E-state index in [1.165, 1.54) is 18.2 Å². The molecule has 1 aromatic heterocycles. The highest BCUT2D eigenvalue weighted by Gasteiger charge is 2.41. The van der Waals surface area contributed by atoms with Crippen LogP contribution in [0.1, 0.15) is 64.2 Å². The van der Waals surface area contributed by atoms with Gasteiger partial charge >= 0.3 is 10.2 Å². The van der Waals surface area contributed by atoms with E-state index in [0.717, 1.165) is 17.0 Å². The topological polar surface area (TPSA) is 126 Å². The number of pyridine rings is 1. The number of anilines is 1. The Kier molecular flexibility index (Phi) is 9.25. The molecule has 13 heteroatoms. The van der Waals surface area contributed by atoms with E-state index in [2.05, 4.69) is 11.6 Å². The van der Waals surface area contributed by atoms with Gasteiger partial charge in [-0.25, -0.2) is 22.5 Å². The summed E-state index contributed by atoms with van der Waals surface area (Å²) in [7, 11) is -7.79. The smallest absolute Gasteiger partial charge is 0.304 e. The van der Waals surface area contributed by atoms with Gasteiger partial charge in [0, 0.05) is 43.1 Å². The quantitative estimate of drug-likeness (QED) is 0.443. The molecule has 1 N–H and O–H groups in total. The first kappa shape index (κ1) is 32.2. The highest BCUT2D eigenvalue weighted by molar-refractivity contribution is 7.91. The van der Waals surface area contributed by atoms with E-state index < -0.39 is 42.6 Å². The maximum atomic E-state index is 14.6. The number of ether oxygens (including phenoxy) is 1. The van der Waals surface area contributed by atoms with Gasteiger partial charge in [0.2, 0.25) is 0 Å². The van der Waals surface area contributed by atoms with E-state index >= 15 is 0 Å². The molecule has 2 aliphatic heterocycles. The number of carbonyl (C=O) groups excluding carboxylic acids is 1. The second-order valence-electron chi connectivity index (χ2n) is 12.3. The first-order chi connectivity index (χ1) is 19.5. The molecule has 4 rings (SSSR count). The van der Waals surface area contributed by atoms with Crippen molar-refractivity contribution in [2.45, 2.75) is 64.7 Å². The average molecular weight is 625 g/mol. The summed E-state index contributed by atoms with van der Waals surface area (Å²) in [6, 6.07) is 7.38. The molecule has 2 unspecified atom stereocenters. The number of halogens is 1. The van der Waals surface area contributed by atoms with Crippen molar-refractivity contribution < 1.29 is 30.8 Å². The van der Waals surface area contributed by atoms with Gasteiger partial charge in [-0.05, 0) is 69.2 Å². The van der Waals surface area contributed by atoms with Crippen molar-refractivity contribution in [1.82, 2.24) is 14.0 Å². The molecule has 0 bridgehead atoms. The van der Waals surface area contributed by atoms with Crippen LogP contribution in [0, 0.1) is 17.7 Å². The summed E-state index contributed by atoms with van der Waals surface area (Å²) < 4.78 is 74.1. The van der Waals surface area contributed by atoms with Gasteiger partial charge in [-0.2, -0.15) is 12.7 Å². The largest absolute Gasteiger partial charge is 0.493 e. The standard InChI is InChI=1S/C29H41FN4O6S2/c1-19(2)18-40-23-15-21(14-22(30)16-23)26-10-9-25(27(31-26)34-13-11-20(3)29(34,4)5)28(35)32-42(38,39)33-12-7-8-24(17-33)41(6,36)37/h9-10,14-16,19-20,24H,7-8,11-13,17-18H2,1-6H3,(H,32,35). The molecule has 42 heavy (non-hydrogen) atoms. The van der Waals surface area contributed by atoms with Crippen LogP contribution in [-0.4, -0.2) is 75.3 Å². The van der Waals surface area contributed by atoms with Crippen LogP contribution in [0.25, 0.3) is 11.3 Å². The summed E-state index contributed by atoms with van der Waals surface area (Å²) in [5.74, 6) is -0.214. The fourth-order valence-electron chi connectivity index (χ4n) is 5.37. The molecule has 2 aromatic rings. The van der Waals surface area contributed by atoms with Crippen molar-refractivity contribution in [3.8, 4) is 17.0 Å². The lowest BCUT2D eigenvalue weighted by atomic mass is 9.90. The Labute approximate surface area is 248 Å². The van der Waals surface area contributed by atoms with Crippen LogP contribution in [0.5, 0.6) is 5.75 Å². The zero-order chi connectivity index (χ0) is 31.0. The van der Waals surface area contributed by atoms with Crippen LogP contribution < -0.4 is 14.4 Å². The Morgan fingerprint density at radius 3 is 2.48 bits per heavy atom. The van der Waals surface area contributed by atoms with Gasteiger partial charge in [0.05, 0.1) is 23.1 Å². The second-order valence-corrected chi connectivity index (χ2v) is 16.3. The van der Waals surface area contributed by atoms with Crippen LogP contribution in [-0.2, 0) is 20.0 Å². The predicted octanol–water partition coefficient (Wildman–Crippen LogP) is 4.03. The zero-order valence-electron chi connectivity index (χ0n) is 25.1. The first-order valence-corrected chi connectivity index (χ1v) is 17.6. The third-order valence-corrected chi connectivity index (χ3v) is 11.4. The number of hydrogen-bond acceptors (Lipinski definition) is 8. The van der Waals surface area contributed by atoms with Crippen molar-refractivity contribution in [2.75, 3.05) is 37.4 Å². The number of benzene rings is 1. The Bertz CT molecular complexity index is 1550. The molecule has 2 aliphatic rings. The fraction of sp³-hybridized carbons (Fsp3) is 0.586. The molecular weight excluding hydrogens is 583 g/mol. The minimum Gasteiger partial charge on any atom is -0.493 e. The molecule has 2 fully saturated rings. The molecule has 10 nitrogen and oxygen atoms in total.